The molecule has 2 rings (SSSR count). The second kappa shape index (κ2) is 8.47. The summed E-state index contributed by atoms with van der Waals surface area (Å²) in [7, 11) is 0. The van der Waals surface area contributed by atoms with Gasteiger partial charge in [-0.2, -0.15) is 0 Å². The molecule has 0 radical (unpaired) electrons. The molecule has 2 aromatic carbocycles. The number of benzene rings is 2. The summed E-state index contributed by atoms with van der Waals surface area (Å²) >= 11 is 0. The maximum absolute atomic E-state index is 11.3. The van der Waals surface area contributed by atoms with Gasteiger partial charge in [0.25, 0.3) is 5.91 Å². The molecule has 0 aliphatic carbocycles. The van der Waals surface area contributed by atoms with E-state index < -0.39 is 12.0 Å². The van der Waals surface area contributed by atoms with Crippen LogP contribution in [0.3, 0.4) is 0 Å². The summed E-state index contributed by atoms with van der Waals surface area (Å²) in [6, 6.07) is 14.5. The van der Waals surface area contributed by atoms with Gasteiger partial charge < -0.3 is 21.3 Å². The van der Waals surface area contributed by atoms with E-state index in [0.29, 0.717) is 5.56 Å². The Balaban J connectivity index is 1.86. The van der Waals surface area contributed by atoms with Crippen LogP contribution in [0.2, 0.25) is 0 Å². The van der Waals surface area contributed by atoms with E-state index in [1.54, 1.807) is 6.07 Å². The highest BCUT2D eigenvalue weighted by atomic mass is 16.3. The number of primary amides is 1. The number of aliphatic hydroxyl groups excluding tert-OH is 1. The molecule has 0 saturated carbocycles. The van der Waals surface area contributed by atoms with Crippen molar-refractivity contribution < 1.29 is 15.0 Å². The molecule has 24 heavy (non-hydrogen) atoms. The lowest BCUT2D eigenvalue weighted by molar-refractivity contribution is 0.0997. The molecule has 128 valence electrons. The number of rotatable bonds is 8. The highest BCUT2D eigenvalue weighted by Gasteiger charge is 2.18. The van der Waals surface area contributed by atoms with E-state index in [0.717, 1.165) is 19.4 Å². The van der Waals surface area contributed by atoms with E-state index in [9.17, 15) is 15.0 Å². The molecule has 5 N–H and O–H groups in total. The average molecular weight is 328 g/mol. The van der Waals surface area contributed by atoms with E-state index in [2.05, 4.69) is 17.4 Å². The van der Waals surface area contributed by atoms with Crippen molar-refractivity contribution in [1.29, 1.82) is 0 Å². The molecule has 0 bridgehead atoms. The molecular weight excluding hydrogens is 304 g/mol. The predicted octanol–water partition coefficient (Wildman–Crippen LogP) is 2.14. The number of hydrogen-bond acceptors (Lipinski definition) is 4. The van der Waals surface area contributed by atoms with Crippen LogP contribution in [0.1, 0.15) is 40.9 Å². The predicted molar refractivity (Wildman–Crippen MR) is 93.8 cm³/mol. The normalized spacial score (nSPS) is 13.4. The quantitative estimate of drug-likeness (QED) is 0.558. The highest BCUT2D eigenvalue weighted by Crippen LogP contribution is 2.24. The van der Waals surface area contributed by atoms with Crippen molar-refractivity contribution in [3.63, 3.8) is 0 Å². The topological polar surface area (TPSA) is 95.6 Å². The number of aromatic hydroxyl groups is 1. The fraction of sp³-hybridized carbons (Fsp3) is 0.316. The van der Waals surface area contributed by atoms with Gasteiger partial charge in [-0.05, 0) is 49.6 Å². The number of phenols is 1. The van der Waals surface area contributed by atoms with Gasteiger partial charge in [0.2, 0.25) is 0 Å². The van der Waals surface area contributed by atoms with Gasteiger partial charge in [-0.3, -0.25) is 4.79 Å². The fourth-order valence-electron chi connectivity index (χ4n) is 2.60. The first-order chi connectivity index (χ1) is 11.5. The van der Waals surface area contributed by atoms with Crippen LogP contribution in [0.4, 0.5) is 0 Å². The second-order valence-corrected chi connectivity index (χ2v) is 5.92. The molecular formula is C19H24N2O3. The van der Waals surface area contributed by atoms with Crippen molar-refractivity contribution >= 4 is 5.91 Å². The Bertz CT molecular complexity index is 674. The first-order valence-electron chi connectivity index (χ1n) is 8.07. The summed E-state index contributed by atoms with van der Waals surface area (Å²) in [6.07, 6.45) is 1.14. The van der Waals surface area contributed by atoms with Gasteiger partial charge in [-0.25, -0.2) is 0 Å². The summed E-state index contributed by atoms with van der Waals surface area (Å²) in [5.41, 5.74) is 7.07. The standard InChI is InChI=1S/C19H24N2O3/c1-13(21-11-5-8-14-6-3-2-4-7-14)18(23)15-9-10-17(22)16(12-15)19(20)24/h2-4,6-7,9-10,12-13,18,21-23H,5,8,11H2,1H3,(H2,20,24). The Morgan fingerprint density at radius 2 is 1.92 bits per heavy atom. The third-order valence-corrected chi connectivity index (χ3v) is 4.05. The van der Waals surface area contributed by atoms with Crippen molar-refractivity contribution in [3.05, 3.63) is 65.2 Å². The Kier molecular flexibility index (Phi) is 6.35. The summed E-state index contributed by atoms with van der Waals surface area (Å²) in [6.45, 7) is 2.65. The Labute approximate surface area is 142 Å². The van der Waals surface area contributed by atoms with Gasteiger partial charge in [0, 0.05) is 6.04 Å². The van der Waals surface area contributed by atoms with E-state index >= 15 is 0 Å². The Morgan fingerprint density at radius 3 is 2.58 bits per heavy atom. The van der Waals surface area contributed by atoms with Crippen molar-refractivity contribution in [2.75, 3.05) is 6.54 Å². The van der Waals surface area contributed by atoms with Crippen LogP contribution in [0.5, 0.6) is 5.75 Å². The minimum absolute atomic E-state index is 0.0165. The third-order valence-electron chi connectivity index (χ3n) is 4.05. The molecule has 0 aliphatic heterocycles. The number of hydrogen-bond donors (Lipinski definition) is 4. The maximum Gasteiger partial charge on any atom is 0.252 e. The van der Waals surface area contributed by atoms with E-state index in [1.165, 1.54) is 17.7 Å². The maximum atomic E-state index is 11.3. The van der Waals surface area contributed by atoms with Crippen molar-refractivity contribution in [3.8, 4) is 5.75 Å². The largest absolute Gasteiger partial charge is 0.507 e. The average Bonchev–Trinajstić information content (AvgIpc) is 2.59. The highest BCUT2D eigenvalue weighted by molar-refractivity contribution is 5.95. The Morgan fingerprint density at radius 1 is 1.21 bits per heavy atom. The number of amides is 1. The minimum Gasteiger partial charge on any atom is -0.507 e. The lowest BCUT2D eigenvalue weighted by Gasteiger charge is -2.21. The molecule has 5 heteroatoms. The molecule has 2 atom stereocenters. The molecule has 1 amide bonds. The zero-order chi connectivity index (χ0) is 17.5. The second-order valence-electron chi connectivity index (χ2n) is 5.92. The lowest BCUT2D eigenvalue weighted by Crippen LogP contribution is -2.33. The first-order valence-corrected chi connectivity index (χ1v) is 8.07. The molecule has 2 aromatic rings. The Hall–Kier alpha value is -2.37. The summed E-state index contributed by atoms with van der Waals surface area (Å²) < 4.78 is 0. The number of carbonyl (C=O) groups is 1. The van der Waals surface area contributed by atoms with Crippen molar-refractivity contribution in [2.45, 2.75) is 31.9 Å². The number of carbonyl (C=O) groups excluding carboxylic acids is 1. The molecule has 0 fully saturated rings. The monoisotopic (exact) mass is 328 g/mol. The number of aliphatic hydroxyl groups is 1. The molecule has 0 aromatic heterocycles. The molecule has 0 aliphatic rings. The van der Waals surface area contributed by atoms with Gasteiger partial charge in [-0.1, -0.05) is 36.4 Å². The first kappa shape index (κ1) is 18.0. The number of nitrogens with one attached hydrogen (secondary N) is 1. The van der Waals surface area contributed by atoms with Crippen LogP contribution >= 0.6 is 0 Å². The number of nitrogens with two attached hydrogens (primary N) is 1. The van der Waals surface area contributed by atoms with Crippen LogP contribution in [0.15, 0.2) is 48.5 Å². The molecule has 5 nitrogen and oxygen atoms in total. The van der Waals surface area contributed by atoms with Crippen LogP contribution in [0.25, 0.3) is 0 Å². The summed E-state index contributed by atoms with van der Waals surface area (Å²) in [5.74, 6) is -0.896. The lowest BCUT2D eigenvalue weighted by atomic mass is 10.00. The summed E-state index contributed by atoms with van der Waals surface area (Å²) in [5, 5.41) is 23.3. The van der Waals surface area contributed by atoms with E-state index in [1.807, 2.05) is 25.1 Å². The van der Waals surface area contributed by atoms with Crippen LogP contribution in [-0.2, 0) is 6.42 Å². The molecule has 0 heterocycles. The van der Waals surface area contributed by atoms with Crippen LogP contribution in [-0.4, -0.2) is 28.7 Å². The number of aryl methyl sites for hydroxylation is 1. The van der Waals surface area contributed by atoms with Gasteiger partial charge >= 0.3 is 0 Å². The van der Waals surface area contributed by atoms with Crippen LogP contribution < -0.4 is 11.1 Å². The molecule has 2 unspecified atom stereocenters. The molecule has 0 spiro atoms. The van der Waals surface area contributed by atoms with E-state index in [-0.39, 0.29) is 17.4 Å². The van der Waals surface area contributed by atoms with Gasteiger partial charge in [-0.15, -0.1) is 0 Å². The van der Waals surface area contributed by atoms with Gasteiger partial charge in [0.05, 0.1) is 11.7 Å². The SMILES string of the molecule is CC(NCCCc1ccccc1)C(O)c1ccc(O)c(C(N)=O)c1. The third kappa shape index (κ3) is 4.81. The van der Waals surface area contributed by atoms with Crippen LogP contribution in [0, 0.1) is 0 Å². The minimum atomic E-state index is -0.791. The molecule has 0 saturated heterocycles. The fourth-order valence-corrected chi connectivity index (χ4v) is 2.60. The zero-order valence-electron chi connectivity index (χ0n) is 13.8. The van der Waals surface area contributed by atoms with E-state index in [4.69, 9.17) is 5.73 Å². The zero-order valence-corrected chi connectivity index (χ0v) is 13.8. The van der Waals surface area contributed by atoms with Gasteiger partial charge in [0.15, 0.2) is 0 Å². The van der Waals surface area contributed by atoms with Crippen molar-refractivity contribution in [2.24, 2.45) is 5.73 Å². The smallest absolute Gasteiger partial charge is 0.252 e. The van der Waals surface area contributed by atoms with Crippen molar-refractivity contribution in [1.82, 2.24) is 5.32 Å². The summed E-state index contributed by atoms with van der Waals surface area (Å²) in [4.78, 5) is 11.3. The van der Waals surface area contributed by atoms with Gasteiger partial charge in [0.1, 0.15) is 5.75 Å².